The molecule has 336 valence electrons. The molecule has 8 N–H and O–H groups in total. The van der Waals surface area contributed by atoms with Crippen LogP contribution in [-0.4, -0.2) is 123 Å². The Kier molecular flexibility index (Phi) is 17.2. The third-order valence-corrected chi connectivity index (χ3v) is 9.74. The minimum Gasteiger partial charge on any atom is -0.469 e. The number of aliphatic hydroxyl groups is 2. The molecule has 3 aromatic rings. The van der Waals surface area contributed by atoms with Gasteiger partial charge in [-0.3, -0.25) is 34.2 Å². The van der Waals surface area contributed by atoms with Crippen LogP contribution in [0.25, 0.3) is 11.0 Å². The first kappa shape index (κ1) is 48.5. The van der Waals surface area contributed by atoms with Crippen LogP contribution in [0.2, 0.25) is 0 Å². The maximum Gasteiger partial charge on any atom is 0.308 e. The van der Waals surface area contributed by atoms with Crippen molar-refractivity contribution in [2.24, 2.45) is 5.73 Å². The fraction of sp³-hybridized carbons (Fsp3) is 0.581. The Hall–Kier alpha value is -5.14. The molecule has 5 atom stereocenters. The van der Waals surface area contributed by atoms with Gasteiger partial charge in [0.2, 0.25) is 11.8 Å². The monoisotopic (exact) mass is 852 g/mol. The second kappa shape index (κ2) is 21.6. The lowest BCUT2D eigenvalue weighted by Crippen LogP contribution is -2.54. The number of amides is 2. The van der Waals surface area contributed by atoms with E-state index in [0.717, 1.165) is 16.6 Å². The number of rotatable bonds is 20. The number of nitrogens with one attached hydrogen (secondary N) is 4. The lowest BCUT2D eigenvalue weighted by molar-refractivity contribution is -0.156. The summed E-state index contributed by atoms with van der Waals surface area (Å²) in [4.78, 5) is 75.4. The quantitative estimate of drug-likeness (QED) is 0.0374. The Morgan fingerprint density at radius 1 is 0.984 bits per heavy atom. The first-order chi connectivity index (χ1) is 28.6. The van der Waals surface area contributed by atoms with Gasteiger partial charge >= 0.3 is 17.9 Å². The molecule has 2 amide bonds. The molecule has 1 aliphatic rings. The number of esters is 3. The Balaban J connectivity index is 1.42. The van der Waals surface area contributed by atoms with Crippen molar-refractivity contribution in [3.63, 3.8) is 0 Å². The number of ether oxygens (including phenoxy) is 3. The molecule has 0 saturated heterocycles. The van der Waals surface area contributed by atoms with Gasteiger partial charge in [0.05, 0.1) is 43.2 Å². The lowest BCUT2D eigenvalue weighted by Gasteiger charge is -2.28. The van der Waals surface area contributed by atoms with Gasteiger partial charge in [0.25, 0.3) is 0 Å². The summed E-state index contributed by atoms with van der Waals surface area (Å²) in [6, 6.07) is 10.0. The van der Waals surface area contributed by atoms with Crippen LogP contribution in [0, 0.1) is 0 Å². The van der Waals surface area contributed by atoms with Crippen LogP contribution < -0.4 is 21.7 Å². The van der Waals surface area contributed by atoms with Gasteiger partial charge in [-0.1, -0.05) is 18.2 Å². The first-order valence-corrected chi connectivity index (χ1v) is 20.6. The van der Waals surface area contributed by atoms with Crippen molar-refractivity contribution in [2.75, 3.05) is 32.6 Å². The highest BCUT2D eigenvalue weighted by atomic mass is 16.6. The third-order valence-electron chi connectivity index (χ3n) is 9.74. The average molecular weight is 853 g/mol. The van der Waals surface area contributed by atoms with Crippen LogP contribution in [0.5, 0.6) is 0 Å². The smallest absolute Gasteiger partial charge is 0.308 e. The zero-order valence-electron chi connectivity index (χ0n) is 36.6. The van der Waals surface area contributed by atoms with Gasteiger partial charge < -0.3 is 50.7 Å². The van der Waals surface area contributed by atoms with Crippen molar-refractivity contribution < 1.29 is 48.4 Å². The molecule has 0 aliphatic carbocycles. The molecule has 18 heteroatoms. The van der Waals surface area contributed by atoms with Crippen molar-refractivity contribution in [3.05, 3.63) is 59.4 Å². The number of aromatic nitrogens is 2. The van der Waals surface area contributed by atoms with E-state index in [-0.39, 0.29) is 57.6 Å². The number of para-hydroxylation sites is 2. The number of benzene rings is 2. The van der Waals surface area contributed by atoms with Gasteiger partial charge in [-0.25, -0.2) is 4.98 Å². The van der Waals surface area contributed by atoms with Crippen LogP contribution in [-0.2, 0) is 51.3 Å². The number of anilines is 1. The number of aromatic amines is 1. The summed E-state index contributed by atoms with van der Waals surface area (Å²) in [6.45, 7) is 11.3. The molecule has 2 aromatic carbocycles. The Bertz CT molecular complexity index is 1940. The number of carbonyl (C=O) groups excluding carboxylic acids is 5. The van der Waals surface area contributed by atoms with Gasteiger partial charge in [-0.05, 0) is 110 Å². The SMILES string of the molecule is COC(=O)C[C@@H]1Nc2ccc([C@H](O)N(C)Cc3nc4ccccc4[nH]3)cc2CN(CCCN[C@@H](O)[C@H](CCC(=O)OC(C)(C)C)NC(=O)[C@@H](N)CCC(=O)OC(C)(C)C)C1=O. The number of methoxy groups -OCH3 is 1. The van der Waals surface area contributed by atoms with Gasteiger partial charge in [-0.2, -0.15) is 0 Å². The van der Waals surface area contributed by atoms with Crippen LogP contribution >= 0.6 is 0 Å². The number of fused-ring (bicyclic) bond motifs is 2. The maximum absolute atomic E-state index is 13.9. The largest absolute Gasteiger partial charge is 0.469 e. The number of H-pyrrole nitrogens is 1. The van der Waals surface area contributed by atoms with E-state index in [1.807, 2.05) is 30.3 Å². The number of nitrogens with zero attached hydrogens (tertiary/aromatic N) is 3. The zero-order chi connectivity index (χ0) is 45.1. The molecule has 1 aromatic heterocycles. The van der Waals surface area contributed by atoms with E-state index in [0.29, 0.717) is 30.0 Å². The number of carbonyl (C=O) groups is 5. The van der Waals surface area contributed by atoms with Crippen molar-refractivity contribution in [1.82, 2.24) is 30.4 Å². The Labute approximate surface area is 357 Å². The van der Waals surface area contributed by atoms with Crippen LogP contribution in [0.1, 0.15) is 103 Å². The highest BCUT2D eigenvalue weighted by molar-refractivity contribution is 5.90. The topological polar surface area (TPSA) is 251 Å². The maximum atomic E-state index is 13.9. The van der Waals surface area contributed by atoms with E-state index in [1.54, 1.807) is 70.5 Å². The molecule has 0 unspecified atom stereocenters. The van der Waals surface area contributed by atoms with Crippen LogP contribution in [0.4, 0.5) is 5.69 Å². The van der Waals surface area contributed by atoms with E-state index in [4.69, 9.17) is 19.9 Å². The number of aliphatic hydroxyl groups excluding tert-OH is 2. The predicted molar refractivity (Wildman–Crippen MR) is 227 cm³/mol. The highest BCUT2D eigenvalue weighted by Crippen LogP contribution is 2.29. The van der Waals surface area contributed by atoms with Crippen molar-refractivity contribution >= 4 is 46.4 Å². The minimum absolute atomic E-state index is 0.00150. The molecule has 0 radical (unpaired) electrons. The summed E-state index contributed by atoms with van der Waals surface area (Å²) in [5, 5.41) is 31.5. The second-order valence-corrected chi connectivity index (χ2v) is 17.4. The third kappa shape index (κ3) is 15.4. The van der Waals surface area contributed by atoms with Crippen molar-refractivity contribution in [1.29, 1.82) is 0 Å². The highest BCUT2D eigenvalue weighted by Gasteiger charge is 2.32. The van der Waals surface area contributed by atoms with Crippen LogP contribution in [0.3, 0.4) is 0 Å². The number of hydrogen-bond donors (Lipinski definition) is 7. The summed E-state index contributed by atoms with van der Waals surface area (Å²) in [6.07, 6.45) is -2.41. The summed E-state index contributed by atoms with van der Waals surface area (Å²) in [5.41, 5.74) is 8.34. The molecular formula is C43H64N8O10. The molecule has 0 fully saturated rings. The molecule has 0 spiro atoms. The van der Waals surface area contributed by atoms with Crippen molar-refractivity contribution in [2.45, 2.75) is 135 Å². The van der Waals surface area contributed by atoms with Crippen molar-refractivity contribution in [3.8, 4) is 0 Å². The summed E-state index contributed by atoms with van der Waals surface area (Å²) in [7, 11) is 3.03. The molecule has 4 rings (SSSR count). The van der Waals surface area contributed by atoms with E-state index in [1.165, 1.54) is 7.11 Å². The molecule has 18 nitrogen and oxygen atoms in total. The lowest BCUT2D eigenvalue weighted by atomic mass is 10.1. The predicted octanol–water partition coefficient (Wildman–Crippen LogP) is 2.73. The van der Waals surface area contributed by atoms with Gasteiger partial charge in [0.15, 0.2) is 0 Å². The molecule has 1 aliphatic heterocycles. The standard InChI is InChI=1S/C43H64N8O10/c1-42(2,3)60-35(52)18-15-28(44)38(55)49-32(17-19-36(53)61-43(4,5)6)39(56)45-20-11-21-51-24-27-22-26(14-16-29(27)46-33(41(51)58)23-37(54)59-8)40(57)50(7)25-34-47-30-12-9-10-13-31(30)48-34/h9-10,12-14,16,22,28,32-33,39-40,45-46,56-57H,11,15,17-21,23-25,44H2,1-8H3,(H,47,48)(H,49,55)/t28-,32-,33-,39-,40-/m0/s1. The summed E-state index contributed by atoms with van der Waals surface area (Å²) in [5.74, 6) is -1.86. The van der Waals surface area contributed by atoms with Crippen LogP contribution in [0.15, 0.2) is 42.5 Å². The normalized spacial score (nSPS) is 16.5. The first-order valence-electron chi connectivity index (χ1n) is 20.6. The molecule has 61 heavy (non-hydrogen) atoms. The number of nitrogens with two attached hydrogens (primary N) is 1. The molecule has 0 bridgehead atoms. The number of imidazole rings is 1. The van der Waals surface area contributed by atoms with E-state index < -0.39 is 65.6 Å². The Morgan fingerprint density at radius 3 is 2.28 bits per heavy atom. The minimum atomic E-state index is -1.33. The number of hydrogen-bond acceptors (Lipinski definition) is 15. The fourth-order valence-electron chi connectivity index (χ4n) is 6.76. The summed E-state index contributed by atoms with van der Waals surface area (Å²) >= 11 is 0. The van der Waals surface area contributed by atoms with Gasteiger partial charge in [0, 0.05) is 31.6 Å². The van der Waals surface area contributed by atoms with Gasteiger partial charge in [0.1, 0.15) is 35.5 Å². The Morgan fingerprint density at radius 2 is 1.64 bits per heavy atom. The zero-order valence-corrected chi connectivity index (χ0v) is 36.6. The van der Waals surface area contributed by atoms with E-state index in [9.17, 15) is 34.2 Å². The van der Waals surface area contributed by atoms with E-state index in [2.05, 4.69) is 25.9 Å². The molecule has 2 heterocycles. The molecule has 0 saturated carbocycles. The van der Waals surface area contributed by atoms with E-state index >= 15 is 0 Å². The van der Waals surface area contributed by atoms with Gasteiger partial charge in [-0.15, -0.1) is 0 Å². The second-order valence-electron chi connectivity index (χ2n) is 17.4. The summed E-state index contributed by atoms with van der Waals surface area (Å²) < 4.78 is 15.6. The fourth-order valence-corrected chi connectivity index (χ4v) is 6.76. The average Bonchev–Trinajstić information content (AvgIpc) is 3.54. The molecular weight excluding hydrogens is 789 g/mol.